The predicted molar refractivity (Wildman–Crippen MR) is 75.6 cm³/mol. The van der Waals surface area contributed by atoms with Crippen LogP contribution in [0.5, 0.6) is 11.5 Å². The van der Waals surface area contributed by atoms with E-state index in [4.69, 9.17) is 14.6 Å². The largest absolute Gasteiger partial charge is 0.486 e. The molecule has 0 aromatic heterocycles. The minimum Gasteiger partial charge on any atom is -0.486 e. The van der Waals surface area contributed by atoms with E-state index < -0.39 is 5.97 Å². The van der Waals surface area contributed by atoms with Crippen LogP contribution in [0.4, 0.5) is 0 Å². The van der Waals surface area contributed by atoms with Gasteiger partial charge in [-0.1, -0.05) is 6.07 Å². The number of aliphatic carboxylic acids is 1. The van der Waals surface area contributed by atoms with Crippen LogP contribution in [0.3, 0.4) is 0 Å². The zero-order chi connectivity index (χ0) is 15.1. The van der Waals surface area contributed by atoms with E-state index in [0.717, 1.165) is 23.5 Å². The molecule has 1 aliphatic heterocycles. The molecule has 0 atom stereocenters. The fraction of sp³-hybridized carbons (Fsp3) is 0.467. The summed E-state index contributed by atoms with van der Waals surface area (Å²) in [4.78, 5) is 21.8. The van der Waals surface area contributed by atoms with Crippen molar-refractivity contribution in [2.24, 2.45) is 0 Å². The monoisotopic (exact) mass is 293 g/mol. The number of ether oxygens (including phenoxy) is 2. The lowest BCUT2D eigenvalue weighted by Gasteiger charge is -2.18. The summed E-state index contributed by atoms with van der Waals surface area (Å²) in [6, 6.07) is 5.80. The summed E-state index contributed by atoms with van der Waals surface area (Å²) in [5.74, 6) is 0.487. The minimum absolute atomic E-state index is 0.0477. The van der Waals surface area contributed by atoms with Gasteiger partial charge in [0.1, 0.15) is 13.2 Å². The summed E-state index contributed by atoms with van der Waals surface area (Å²) in [6.45, 7) is 1.31. The van der Waals surface area contributed by atoms with Gasteiger partial charge < -0.3 is 19.9 Å². The average Bonchev–Trinajstić information content (AvgIpc) is 2.47. The number of benzene rings is 1. The van der Waals surface area contributed by atoms with Crippen molar-refractivity contribution in [1.29, 1.82) is 0 Å². The molecule has 0 radical (unpaired) electrons. The van der Waals surface area contributed by atoms with E-state index in [2.05, 4.69) is 5.32 Å². The average molecular weight is 293 g/mol. The molecule has 0 aliphatic carbocycles. The highest BCUT2D eigenvalue weighted by Crippen LogP contribution is 2.31. The van der Waals surface area contributed by atoms with E-state index in [0.29, 0.717) is 26.1 Å². The zero-order valence-corrected chi connectivity index (χ0v) is 11.8. The Morgan fingerprint density at radius 2 is 1.90 bits per heavy atom. The Balaban J connectivity index is 1.71. The molecule has 6 nitrogen and oxygen atoms in total. The standard InChI is InChI=1S/C15H19NO5/c17-14(16-7-6-15(18)19)3-1-2-11-4-5-12-13(10-11)21-9-8-20-12/h4-5,10H,1-3,6-9H2,(H,16,17)(H,18,19). The SMILES string of the molecule is O=C(O)CCNC(=O)CCCc1ccc2c(c1)OCCO2. The Morgan fingerprint density at radius 3 is 2.67 bits per heavy atom. The summed E-state index contributed by atoms with van der Waals surface area (Å²) in [7, 11) is 0. The highest BCUT2D eigenvalue weighted by Gasteiger charge is 2.11. The molecule has 0 saturated heterocycles. The van der Waals surface area contributed by atoms with Crippen molar-refractivity contribution < 1.29 is 24.2 Å². The van der Waals surface area contributed by atoms with Crippen LogP contribution >= 0.6 is 0 Å². The van der Waals surface area contributed by atoms with Crippen molar-refractivity contribution in [2.75, 3.05) is 19.8 Å². The molecule has 1 aliphatic rings. The normalized spacial score (nSPS) is 12.8. The van der Waals surface area contributed by atoms with Gasteiger partial charge in [0.25, 0.3) is 0 Å². The molecule has 2 N–H and O–H groups in total. The molecule has 21 heavy (non-hydrogen) atoms. The van der Waals surface area contributed by atoms with E-state index in [1.807, 2.05) is 18.2 Å². The van der Waals surface area contributed by atoms with Crippen LogP contribution in [0.25, 0.3) is 0 Å². The number of hydrogen-bond acceptors (Lipinski definition) is 4. The highest BCUT2D eigenvalue weighted by atomic mass is 16.6. The van der Waals surface area contributed by atoms with Crippen molar-refractivity contribution in [3.8, 4) is 11.5 Å². The lowest BCUT2D eigenvalue weighted by Crippen LogP contribution is -2.25. The zero-order valence-electron chi connectivity index (χ0n) is 11.8. The second-order valence-electron chi connectivity index (χ2n) is 4.83. The van der Waals surface area contributed by atoms with Gasteiger partial charge in [-0.15, -0.1) is 0 Å². The lowest BCUT2D eigenvalue weighted by molar-refractivity contribution is -0.136. The Labute approximate surface area is 123 Å². The van der Waals surface area contributed by atoms with Crippen molar-refractivity contribution in [1.82, 2.24) is 5.32 Å². The number of carbonyl (C=O) groups is 2. The maximum Gasteiger partial charge on any atom is 0.305 e. The van der Waals surface area contributed by atoms with E-state index in [9.17, 15) is 9.59 Å². The Hall–Kier alpha value is -2.24. The fourth-order valence-electron chi connectivity index (χ4n) is 2.09. The molecule has 1 amide bonds. The third-order valence-corrected chi connectivity index (χ3v) is 3.14. The van der Waals surface area contributed by atoms with Gasteiger partial charge in [-0.3, -0.25) is 9.59 Å². The fourth-order valence-corrected chi connectivity index (χ4v) is 2.09. The Kier molecular flexibility index (Phi) is 5.43. The van der Waals surface area contributed by atoms with Gasteiger partial charge in [0.2, 0.25) is 5.91 Å². The van der Waals surface area contributed by atoms with Gasteiger partial charge in [0.05, 0.1) is 6.42 Å². The number of hydrogen-bond donors (Lipinski definition) is 2. The number of nitrogens with one attached hydrogen (secondary N) is 1. The second-order valence-corrected chi connectivity index (χ2v) is 4.83. The van der Waals surface area contributed by atoms with Crippen molar-refractivity contribution >= 4 is 11.9 Å². The first-order valence-corrected chi connectivity index (χ1v) is 7.02. The quantitative estimate of drug-likeness (QED) is 0.793. The predicted octanol–water partition coefficient (Wildman–Crippen LogP) is 1.37. The van der Waals surface area contributed by atoms with Gasteiger partial charge in [-0.25, -0.2) is 0 Å². The highest BCUT2D eigenvalue weighted by molar-refractivity contribution is 5.76. The number of amides is 1. The Bertz CT molecular complexity index is 515. The van der Waals surface area contributed by atoms with Crippen molar-refractivity contribution in [3.05, 3.63) is 23.8 Å². The molecule has 1 aromatic rings. The number of carboxylic acid groups (broad SMARTS) is 1. The molecule has 0 bridgehead atoms. The molecule has 1 aromatic carbocycles. The molecule has 6 heteroatoms. The topological polar surface area (TPSA) is 84.9 Å². The summed E-state index contributed by atoms with van der Waals surface area (Å²) in [5, 5.41) is 11.1. The summed E-state index contributed by atoms with van der Waals surface area (Å²) in [5.41, 5.74) is 1.09. The van der Waals surface area contributed by atoms with Gasteiger partial charge in [0, 0.05) is 13.0 Å². The van der Waals surface area contributed by atoms with E-state index in [-0.39, 0.29) is 18.9 Å². The third-order valence-electron chi connectivity index (χ3n) is 3.14. The van der Waals surface area contributed by atoms with Crippen LogP contribution < -0.4 is 14.8 Å². The maximum absolute atomic E-state index is 11.5. The molecule has 0 spiro atoms. The molecule has 0 saturated carbocycles. The number of fused-ring (bicyclic) bond motifs is 1. The maximum atomic E-state index is 11.5. The molecular formula is C15H19NO5. The van der Waals surface area contributed by atoms with Crippen LogP contribution in [-0.4, -0.2) is 36.7 Å². The first-order chi connectivity index (χ1) is 10.1. The van der Waals surface area contributed by atoms with Crippen molar-refractivity contribution in [3.63, 3.8) is 0 Å². The minimum atomic E-state index is -0.911. The molecule has 2 rings (SSSR count). The number of carbonyl (C=O) groups excluding carboxylic acids is 1. The summed E-state index contributed by atoms with van der Waals surface area (Å²) < 4.78 is 11.0. The van der Waals surface area contributed by atoms with Gasteiger partial charge in [-0.05, 0) is 30.5 Å². The van der Waals surface area contributed by atoms with Crippen LogP contribution in [0, 0.1) is 0 Å². The van der Waals surface area contributed by atoms with E-state index >= 15 is 0 Å². The van der Waals surface area contributed by atoms with Crippen LogP contribution in [-0.2, 0) is 16.0 Å². The molecular weight excluding hydrogens is 274 g/mol. The van der Waals surface area contributed by atoms with Crippen LogP contribution in [0.1, 0.15) is 24.8 Å². The molecule has 0 unspecified atom stereocenters. The molecule has 114 valence electrons. The lowest BCUT2D eigenvalue weighted by atomic mass is 10.1. The van der Waals surface area contributed by atoms with Gasteiger partial charge in [0.15, 0.2) is 11.5 Å². The van der Waals surface area contributed by atoms with Gasteiger partial charge in [-0.2, -0.15) is 0 Å². The number of aryl methyl sites for hydroxylation is 1. The van der Waals surface area contributed by atoms with Gasteiger partial charge >= 0.3 is 5.97 Å². The van der Waals surface area contributed by atoms with Crippen LogP contribution in [0.15, 0.2) is 18.2 Å². The summed E-state index contributed by atoms with van der Waals surface area (Å²) >= 11 is 0. The third kappa shape index (κ3) is 4.98. The Morgan fingerprint density at radius 1 is 1.14 bits per heavy atom. The van der Waals surface area contributed by atoms with Crippen LogP contribution in [0.2, 0.25) is 0 Å². The second kappa shape index (κ2) is 7.52. The number of carboxylic acids is 1. The van der Waals surface area contributed by atoms with Crippen molar-refractivity contribution in [2.45, 2.75) is 25.7 Å². The first kappa shape index (κ1) is 15.2. The smallest absolute Gasteiger partial charge is 0.305 e. The van der Waals surface area contributed by atoms with E-state index in [1.54, 1.807) is 0 Å². The molecule has 0 fully saturated rings. The first-order valence-electron chi connectivity index (χ1n) is 7.02. The summed E-state index contributed by atoms with van der Waals surface area (Å²) in [6.07, 6.45) is 1.81. The molecule has 1 heterocycles. The van der Waals surface area contributed by atoms with E-state index in [1.165, 1.54) is 0 Å². The number of rotatable bonds is 7.